The lowest BCUT2D eigenvalue weighted by atomic mass is 10.1. The lowest BCUT2D eigenvalue weighted by Crippen LogP contribution is -2.26. The maximum atomic E-state index is 11.7. The molecule has 8 nitrogen and oxygen atoms in total. The van der Waals surface area contributed by atoms with Crippen LogP contribution >= 0.6 is 11.3 Å². The highest BCUT2D eigenvalue weighted by molar-refractivity contribution is 7.07. The van der Waals surface area contributed by atoms with Crippen LogP contribution in [0.3, 0.4) is 0 Å². The van der Waals surface area contributed by atoms with Gasteiger partial charge in [0.25, 0.3) is 5.91 Å². The number of rotatable bonds is 7. The van der Waals surface area contributed by atoms with Gasteiger partial charge in [0.05, 0.1) is 11.2 Å². The van der Waals surface area contributed by atoms with Crippen LogP contribution in [-0.2, 0) is 0 Å². The van der Waals surface area contributed by atoms with E-state index in [0.717, 1.165) is 16.9 Å². The van der Waals surface area contributed by atoms with Crippen LogP contribution in [0.15, 0.2) is 41.4 Å². The third-order valence-corrected chi connectivity index (χ3v) is 4.10. The Kier molecular flexibility index (Phi) is 5.40. The summed E-state index contributed by atoms with van der Waals surface area (Å²) < 4.78 is 0. The van der Waals surface area contributed by atoms with Crippen molar-refractivity contribution in [3.8, 4) is 11.3 Å². The monoisotopic (exact) mass is 369 g/mol. The SMILES string of the molecule is C[C@H](N)CNc1ncc(C(N)=O)c(Nc2ccc(-c3cscn3)cc2)n1. The van der Waals surface area contributed by atoms with E-state index < -0.39 is 5.91 Å². The first-order valence-corrected chi connectivity index (χ1v) is 8.89. The lowest BCUT2D eigenvalue weighted by molar-refractivity contribution is 0.100. The van der Waals surface area contributed by atoms with E-state index in [1.54, 1.807) is 16.8 Å². The van der Waals surface area contributed by atoms with E-state index in [1.807, 2.05) is 36.6 Å². The Bertz CT molecular complexity index is 879. The summed E-state index contributed by atoms with van der Waals surface area (Å²) in [6.07, 6.45) is 1.39. The van der Waals surface area contributed by atoms with Crippen LogP contribution in [0.2, 0.25) is 0 Å². The number of nitrogens with two attached hydrogens (primary N) is 2. The van der Waals surface area contributed by atoms with E-state index >= 15 is 0 Å². The number of amides is 1. The standard InChI is InChI=1S/C17H19N7OS/c1-10(18)6-20-17-21-7-13(15(19)25)16(24-17)23-12-4-2-11(3-5-12)14-8-26-9-22-14/h2-5,7-10H,6,18H2,1H3,(H2,19,25)(H2,20,21,23,24)/t10-/m0/s1. The summed E-state index contributed by atoms with van der Waals surface area (Å²) in [7, 11) is 0. The molecule has 3 aromatic rings. The highest BCUT2D eigenvalue weighted by atomic mass is 32.1. The van der Waals surface area contributed by atoms with Crippen molar-refractivity contribution in [2.24, 2.45) is 11.5 Å². The molecule has 0 saturated carbocycles. The van der Waals surface area contributed by atoms with Gasteiger partial charge in [0.2, 0.25) is 5.95 Å². The van der Waals surface area contributed by atoms with Crippen molar-refractivity contribution in [1.29, 1.82) is 0 Å². The molecule has 2 heterocycles. The van der Waals surface area contributed by atoms with Crippen LogP contribution in [0, 0.1) is 0 Å². The Balaban J connectivity index is 1.82. The summed E-state index contributed by atoms with van der Waals surface area (Å²) in [5, 5.41) is 8.11. The molecule has 0 bridgehead atoms. The second-order valence-corrected chi connectivity index (χ2v) is 6.47. The Morgan fingerprint density at radius 1 is 1.27 bits per heavy atom. The van der Waals surface area contributed by atoms with Gasteiger partial charge in [-0.1, -0.05) is 12.1 Å². The Labute approximate surface area is 154 Å². The van der Waals surface area contributed by atoms with E-state index in [9.17, 15) is 4.79 Å². The summed E-state index contributed by atoms with van der Waals surface area (Å²) in [5.74, 6) is 0.0975. The zero-order valence-electron chi connectivity index (χ0n) is 14.1. The number of carbonyl (C=O) groups is 1. The fourth-order valence-electron chi connectivity index (χ4n) is 2.21. The zero-order chi connectivity index (χ0) is 18.5. The van der Waals surface area contributed by atoms with Crippen molar-refractivity contribution in [3.05, 3.63) is 46.9 Å². The predicted molar refractivity (Wildman–Crippen MR) is 104 cm³/mol. The largest absolute Gasteiger partial charge is 0.365 e. The van der Waals surface area contributed by atoms with Crippen LogP contribution in [0.25, 0.3) is 11.3 Å². The van der Waals surface area contributed by atoms with Crippen LogP contribution in [0.4, 0.5) is 17.5 Å². The predicted octanol–water partition coefficient (Wildman–Crippen LogP) is 2.20. The van der Waals surface area contributed by atoms with Crippen molar-refractivity contribution < 1.29 is 4.79 Å². The minimum absolute atomic E-state index is 0.0518. The Morgan fingerprint density at radius 3 is 2.65 bits per heavy atom. The maximum Gasteiger partial charge on any atom is 0.254 e. The number of nitrogens with zero attached hydrogens (tertiary/aromatic N) is 3. The molecule has 26 heavy (non-hydrogen) atoms. The fraction of sp³-hybridized carbons (Fsp3) is 0.176. The van der Waals surface area contributed by atoms with Gasteiger partial charge in [-0.2, -0.15) is 4.98 Å². The molecule has 1 atom stereocenters. The molecule has 3 rings (SSSR count). The molecule has 0 aliphatic carbocycles. The Morgan fingerprint density at radius 2 is 2.04 bits per heavy atom. The number of carbonyl (C=O) groups excluding carboxylic acids is 1. The fourth-order valence-corrected chi connectivity index (χ4v) is 2.77. The highest BCUT2D eigenvalue weighted by Crippen LogP contribution is 2.24. The Hall–Kier alpha value is -3.04. The van der Waals surface area contributed by atoms with E-state index in [-0.39, 0.29) is 11.6 Å². The first-order chi connectivity index (χ1) is 12.5. The molecule has 0 spiro atoms. The van der Waals surface area contributed by atoms with Crippen molar-refractivity contribution in [2.45, 2.75) is 13.0 Å². The molecule has 2 aromatic heterocycles. The summed E-state index contributed by atoms with van der Waals surface area (Å²) in [5.41, 5.74) is 15.8. The van der Waals surface area contributed by atoms with E-state index in [1.165, 1.54) is 6.20 Å². The molecule has 134 valence electrons. The third kappa shape index (κ3) is 4.32. The summed E-state index contributed by atoms with van der Waals surface area (Å²) in [4.78, 5) is 24.4. The van der Waals surface area contributed by atoms with Crippen molar-refractivity contribution in [3.63, 3.8) is 0 Å². The number of benzene rings is 1. The van der Waals surface area contributed by atoms with Crippen molar-refractivity contribution >= 4 is 34.7 Å². The molecule has 0 saturated heterocycles. The molecule has 0 unspecified atom stereocenters. The van der Waals surface area contributed by atoms with Gasteiger partial charge in [-0.25, -0.2) is 9.97 Å². The van der Waals surface area contributed by atoms with Gasteiger partial charge < -0.3 is 22.1 Å². The summed E-state index contributed by atoms with van der Waals surface area (Å²) >= 11 is 1.54. The zero-order valence-corrected chi connectivity index (χ0v) is 15.0. The normalized spacial score (nSPS) is 11.8. The first kappa shape index (κ1) is 17.8. The number of hydrogen-bond acceptors (Lipinski definition) is 8. The average Bonchev–Trinajstić information content (AvgIpc) is 3.15. The van der Waals surface area contributed by atoms with Crippen LogP contribution in [0.5, 0.6) is 0 Å². The molecule has 0 aliphatic heterocycles. The molecule has 0 fully saturated rings. The number of thiazole rings is 1. The van der Waals surface area contributed by atoms with Gasteiger partial charge in [-0.05, 0) is 19.1 Å². The maximum absolute atomic E-state index is 11.7. The molecule has 0 radical (unpaired) electrons. The highest BCUT2D eigenvalue weighted by Gasteiger charge is 2.13. The number of nitrogens with one attached hydrogen (secondary N) is 2. The third-order valence-electron chi connectivity index (χ3n) is 3.51. The molecular formula is C17H19N7OS. The lowest BCUT2D eigenvalue weighted by Gasteiger charge is -2.12. The number of anilines is 3. The summed E-state index contributed by atoms with van der Waals surface area (Å²) in [6, 6.07) is 7.60. The van der Waals surface area contributed by atoms with Crippen LogP contribution in [0.1, 0.15) is 17.3 Å². The van der Waals surface area contributed by atoms with Crippen LogP contribution in [-0.4, -0.2) is 33.4 Å². The summed E-state index contributed by atoms with van der Waals surface area (Å²) in [6.45, 7) is 2.38. The van der Waals surface area contributed by atoms with Gasteiger partial charge in [-0.3, -0.25) is 4.79 Å². The van der Waals surface area contributed by atoms with Gasteiger partial charge >= 0.3 is 0 Å². The van der Waals surface area contributed by atoms with E-state index in [0.29, 0.717) is 18.3 Å². The second kappa shape index (κ2) is 7.89. The van der Waals surface area contributed by atoms with E-state index in [4.69, 9.17) is 11.5 Å². The average molecular weight is 369 g/mol. The van der Waals surface area contributed by atoms with Crippen molar-refractivity contribution in [1.82, 2.24) is 15.0 Å². The number of aromatic nitrogens is 3. The van der Waals surface area contributed by atoms with Gasteiger partial charge in [0.15, 0.2) is 0 Å². The van der Waals surface area contributed by atoms with Crippen LogP contribution < -0.4 is 22.1 Å². The number of primary amides is 1. The molecule has 1 amide bonds. The molecule has 6 N–H and O–H groups in total. The van der Waals surface area contributed by atoms with Gasteiger partial charge in [0.1, 0.15) is 11.4 Å². The molecular weight excluding hydrogens is 350 g/mol. The van der Waals surface area contributed by atoms with E-state index in [2.05, 4.69) is 25.6 Å². The first-order valence-electron chi connectivity index (χ1n) is 7.95. The molecule has 0 aliphatic rings. The smallest absolute Gasteiger partial charge is 0.254 e. The second-order valence-electron chi connectivity index (χ2n) is 5.75. The minimum Gasteiger partial charge on any atom is -0.365 e. The number of hydrogen-bond donors (Lipinski definition) is 4. The molecule has 9 heteroatoms. The van der Waals surface area contributed by atoms with Crippen molar-refractivity contribution in [2.75, 3.05) is 17.2 Å². The van der Waals surface area contributed by atoms with Gasteiger partial charge in [-0.15, -0.1) is 11.3 Å². The van der Waals surface area contributed by atoms with Gasteiger partial charge in [0, 0.05) is 35.4 Å². The molecule has 1 aromatic carbocycles. The quantitative estimate of drug-likeness (QED) is 0.502. The topological polar surface area (TPSA) is 132 Å². The minimum atomic E-state index is -0.606.